The average Bonchev–Trinajstić information content (AvgIpc) is 3.06. The Bertz CT molecular complexity index is 1010. The molecule has 29 heavy (non-hydrogen) atoms. The SMILES string of the molecule is Cc1nn(C)c(C)c1CCNCc1cn(C)nc1-c1ccc2c(c1)OCCCO2. The van der Waals surface area contributed by atoms with Gasteiger partial charge in [0.1, 0.15) is 0 Å². The van der Waals surface area contributed by atoms with Crippen molar-refractivity contribution in [2.45, 2.75) is 33.2 Å². The minimum atomic E-state index is 0.681. The number of fused-ring (bicyclic) bond motifs is 1. The zero-order valence-corrected chi connectivity index (χ0v) is 17.7. The van der Waals surface area contributed by atoms with Crippen LogP contribution in [-0.2, 0) is 27.1 Å². The molecule has 0 atom stereocenters. The van der Waals surface area contributed by atoms with Gasteiger partial charge in [-0.2, -0.15) is 10.2 Å². The summed E-state index contributed by atoms with van der Waals surface area (Å²) in [6, 6.07) is 6.08. The Kier molecular flexibility index (Phi) is 5.58. The lowest BCUT2D eigenvalue weighted by atomic mass is 10.1. The van der Waals surface area contributed by atoms with Gasteiger partial charge in [-0.05, 0) is 50.6 Å². The summed E-state index contributed by atoms with van der Waals surface area (Å²) in [5, 5.41) is 12.8. The number of rotatable bonds is 6. The summed E-state index contributed by atoms with van der Waals surface area (Å²) in [7, 11) is 3.95. The molecule has 0 saturated carbocycles. The van der Waals surface area contributed by atoms with Crippen molar-refractivity contribution in [1.82, 2.24) is 24.9 Å². The molecule has 1 aliphatic rings. The first-order valence-electron chi connectivity index (χ1n) is 10.1. The second-order valence-corrected chi connectivity index (χ2v) is 7.59. The number of aromatic nitrogens is 4. The molecule has 3 aromatic rings. The predicted molar refractivity (Wildman–Crippen MR) is 112 cm³/mol. The Morgan fingerprint density at radius 1 is 1.07 bits per heavy atom. The van der Waals surface area contributed by atoms with Gasteiger partial charge in [0.15, 0.2) is 11.5 Å². The molecular formula is C22H29N5O2. The van der Waals surface area contributed by atoms with Crippen LogP contribution in [0.5, 0.6) is 11.5 Å². The maximum atomic E-state index is 5.85. The lowest BCUT2D eigenvalue weighted by Gasteiger charge is -2.10. The number of hydrogen-bond acceptors (Lipinski definition) is 5. The van der Waals surface area contributed by atoms with Gasteiger partial charge in [0.05, 0.1) is 24.6 Å². The van der Waals surface area contributed by atoms with Crippen LogP contribution in [-0.4, -0.2) is 39.3 Å². The van der Waals surface area contributed by atoms with Gasteiger partial charge in [-0.15, -0.1) is 0 Å². The molecule has 0 aliphatic carbocycles. The van der Waals surface area contributed by atoms with E-state index in [0.717, 1.165) is 54.4 Å². The van der Waals surface area contributed by atoms with Crippen LogP contribution in [0.15, 0.2) is 24.4 Å². The lowest BCUT2D eigenvalue weighted by Crippen LogP contribution is -2.17. The summed E-state index contributed by atoms with van der Waals surface area (Å²) in [4.78, 5) is 0. The highest BCUT2D eigenvalue weighted by Gasteiger charge is 2.16. The Morgan fingerprint density at radius 3 is 2.62 bits per heavy atom. The van der Waals surface area contributed by atoms with Crippen LogP contribution in [0.25, 0.3) is 11.3 Å². The molecule has 7 heteroatoms. The van der Waals surface area contributed by atoms with Crippen LogP contribution >= 0.6 is 0 Å². The minimum absolute atomic E-state index is 0.681. The molecule has 0 spiro atoms. The summed E-state index contributed by atoms with van der Waals surface area (Å²) in [5.74, 6) is 1.61. The van der Waals surface area contributed by atoms with E-state index in [9.17, 15) is 0 Å². The number of nitrogens with one attached hydrogen (secondary N) is 1. The average molecular weight is 396 g/mol. The smallest absolute Gasteiger partial charge is 0.161 e. The molecule has 3 heterocycles. The fourth-order valence-electron chi connectivity index (χ4n) is 3.84. The van der Waals surface area contributed by atoms with E-state index in [2.05, 4.69) is 41.6 Å². The topological polar surface area (TPSA) is 66.1 Å². The fourth-order valence-corrected chi connectivity index (χ4v) is 3.84. The van der Waals surface area contributed by atoms with E-state index < -0.39 is 0 Å². The maximum absolute atomic E-state index is 5.85. The van der Waals surface area contributed by atoms with Crippen LogP contribution in [0.4, 0.5) is 0 Å². The van der Waals surface area contributed by atoms with E-state index in [-0.39, 0.29) is 0 Å². The van der Waals surface area contributed by atoms with Gasteiger partial charge >= 0.3 is 0 Å². The van der Waals surface area contributed by atoms with Crippen LogP contribution in [0.2, 0.25) is 0 Å². The Hall–Kier alpha value is -2.80. The van der Waals surface area contributed by atoms with E-state index >= 15 is 0 Å². The molecule has 1 aromatic carbocycles. The molecule has 0 saturated heterocycles. The number of ether oxygens (including phenoxy) is 2. The second-order valence-electron chi connectivity index (χ2n) is 7.59. The van der Waals surface area contributed by atoms with Gasteiger partial charge in [0, 0.05) is 50.1 Å². The number of aryl methyl sites for hydroxylation is 3. The Labute approximate surface area is 171 Å². The van der Waals surface area contributed by atoms with Crippen molar-refractivity contribution in [3.63, 3.8) is 0 Å². The van der Waals surface area contributed by atoms with Gasteiger partial charge in [-0.25, -0.2) is 0 Å². The van der Waals surface area contributed by atoms with Gasteiger partial charge in [0.2, 0.25) is 0 Å². The quantitative estimate of drug-likeness (QED) is 0.650. The van der Waals surface area contributed by atoms with Crippen LogP contribution < -0.4 is 14.8 Å². The van der Waals surface area contributed by atoms with E-state index in [4.69, 9.17) is 9.47 Å². The van der Waals surface area contributed by atoms with Crippen molar-refractivity contribution < 1.29 is 9.47 Å². The fraction of sp³-hybridized carbons (Fsp3) is 0.455. The summed E-state index contributed by atoms with van der Waals surface area (Å²) >= 11 is 0. The van der Waals surface area contributed by atoms with Crippen LogP contribution in [0.1, 0.15) is 28.9 Å². The lowest BCUT2D eigenvalue weighted by molar-refractivity contribution is 0.297. The zero-order valence-electron chi connectivity index (χ0n) is 17.7. The summed E-state index contributed by atoms with van der Waals surface area (Å²) in [6.07, 6.45) is 3.94. The van der Waals surface area contributed by atoms with Crippen molar-refractivity contribution >= 4 is 0 Å². The second kappa shape index (κ2) is 8.29. The molecule has 7 nitrogen and oxygen atoms in total. The molecule has 1 aliphatic heterocycles. The predicted octanol–water partition coefficient (Wildman–Crippen LogP) is 2.93. The molecule has 4 rings (SSSR count). The Balaban J connectivity index is 1.45. The Morgan fingerprint density at radius 2 is 1.86 bits per heavy atom. The van der Waals surface area contributed by atoms with Crippen molar-refractivity contribution in [2.75, 3.05) is 19.8 Å². The standard InChI is InChI=1S/C22H29N5O2/c1-15-19(16(2)27(4)24-15)8-9-23-13-18-14-26(3)25-22(18)17-6-7-20-21(12-17)29-11-5-10-28-20/h6-7,12,14,23H,5,8-11,13H2,1-4H3. The van der Waals surface area contributed by atoms with Gasteiger partial charge in [0.25, 0.3) is 0 Å². The van der Waals surface area contributed by atoms with Gasteiger partial charge < -0.3 is 14.8 Å². The van der Waals surface area contributed by atoms with E-state index in [1.54, 1.807) is 0 Å². The zero-order chi connectivity index (χ0) is 20.4. The molecule has 0 fully saturated rings. The third kappa shape index (κ3) is 4.15. The van der Waals surface area contributed by atoms with Gasteiger partial charge in [-0.1, -0.05) is 0 Å². The largest absolute Gasteiger partial charge is 0.490 e. The molecular weight excluding hydrogens is 366 g/mol. The third-order valence-electron chi connectivity index (χ3n) is 5.45. The highest BCUT2D eigenvalue weighted by Crippen LogP contribution is 2.34. The van der Waals surface area contributed by atoms with Crippen molar-refractivity contribution in [3.8, 4) is 22.8 Å². The molecule has 1 N–H and O–H groups in total. The van der Waals surface area contributed by atoms with Crippen LogP contribution in [0, 0.1) is 13.8 Å². The molecule has 0 unspecified atom stereocenters. The number of nitrogens with zero attached hydrogens (tertiary/aromatic N) is 4. The molecule has 0 radical (unpaired) electrons. The minimum Gasteiger partial charge on any atom is -0.490 e. The normalized spacial score (nSPS) is 13.5. The number of hydrogen-bond donors (Lipinski definition) is 1. The van der Waals surface area contributed by atoms with Crippen molar-refractivity contribution in [1.29, 1.82) is 0 Å². The maximum Gasteiger partial charge on any atom is 0.161 e. The molecule has 154 valence electrons. The highest BCUT2D eigenvalue weighted by molar-refractivity contribution is 5.66. The van der Waals surface area contributed by atoms with Gasteiger partial charge in [-0.3, -0.25) is 9.36 Å². The first-order valence-corrected chi connectivity index (χ1v) is 10.1. The summed E-state index contributed by atoms with van der Waals surface area (Å²) in [5.41, 5.74) is 6.87. The first-order chi connectivity index (χ1) is 14.0. The number of benzene rings is 1. The summed E-state index contributed by atoms with van der Waals surface area (Å²) < 4.78 is 15.4. The molecule has 2 aromatic heterocycles. The first kappa shape index (κ1) is 19.5. The summed E-state index contributed by atoms with van der Waals surface area (Å²) in [6.45, 7) is 7.23. The van der Waals surface area contributed by atoms with E-state index in [0.29, 0.717) is 13.2 Å². The van der Waals surface area contributed by atoms with E-state index in [1.165, 1.54) is 16.8 Å². The molecule has 0 amide bonds. The third-order valence-corrected chi connectivity index (χ3v) is 5.45. The van der Waals surface area contributed by atoms with Crippen LogP contribution in [0.3, 0.4) is 0 Å². The van der Waals surface area contributed by atoms with E-state index in [1.807, 2.05) is 35.6 Å². The monoisotopic (exact) mass is 395 g/mol. The van der Waals surface area contributed by atoms with Crippen molar-refractivity contribution in [3.05, 3.63) is 46.9 Å². The highest BCUT2D eigenvalue weighted by atomic mass is 16.5. The van der Waals surface area contributed by atoms with Crippen molar-refractivity contribution in [2.24, 2.45) is 14.1 Å². The molecule has 0 bridgehead atoms.